The molecule has 0 radical (unpaired) electrons. The molecule has 1 aromatic rings. The minimum atomic E-state index is -1.83. The molecule has 1 rings (SSSR count). The Kier molecular flexibility index (Phi) is 7.45. The van der Waals surface area contributed by atoms with E-state index in [0.29, 0.717) is 13.2 Å². The maximum Gasteiger partial charge on any atom is 0.250 e. The van der Waals surface area contributed by atoms with Crippen molar-refractivity contribution in [1.29, 1.82) is 0 Å². The molecule has 0 saturated carbocycles. The molecule has 1 amide bonds. The van der Waals surface area contributed by atoms with E-state index in [-0.39, 0.29) is 17.6 Å². The van der Waals surface area contributed by atoms with Crippen LogP contribution in [0.25, 0.3) is 0 Å². The van der Waals surface area contributed by atoms with Gasteiger partial charge in [-0.1, -0.05) is 42.8 Å². The zero-order chi connectivity index (χ0) is 17.7. The summed E-state index contributed by atoms with van der Waals surface area (Å²) >= 11 is 3.45. The average molecular weight is 402 g/mol. The van der Waals surface area contributed by atoms with Crippen LogP contribution in [-0.4, -0.2) is 27.4 Å². The van der Waals surface area contributed by atoms with Crippen molar-refractivity contribution in [3.05, 3.63) is 28.2 Å². The summed E-state index contributed by atoms with van der Waals surface area (Å²) in [6.07, 6.45) is 0. The van der Waals surface area contributed by atoms with Crippen molar-refractivity contribution in [2.45, 2.75) is 52.4 Å². The first kappa shape index (κ1) is 20.4. The zero-order valence-electron chi connectivity index (χ0n) is 15.0. The van der Waals surface area contributed by atoms with E-state index in [1.807, 2.05) is 25.1 Å². The summed E-state index contributed by atoms with van der Waals surface area (Å²) < 4.78 is 12.3. The summed E-state index contributed by atoms with van der Waals surface area (Å²) in [6.45, 7) is 14.0. The van der Waals surface area contributed by atoms with Crippen LogP contribution in [0.4, 0.5) is 5.69 Å². The number of rotatable bonds is 7. The highest BCUT2D eigenvalue weighted by atomic mass is 79.9. The third kappa shape index (κ3) is 6.37. The van der Waals surface area contributed by atoms with Gasteiger partial charge in [-0.25, -0.2) is 0 Å². The van der Waals surface area contributed by atoms with E-state index in [1.165, 1.54) is 0 Å². The minimum absolute atomic E-state index is 0.0611. The first-order valence-corrected chi connectivity index (χ1v) is 11.6. The van der Waals surface area contributed by atoms with Crippen LogP contribution in [0.15, 0.2) is 22.7 Å². The van der Waals surface area contributed by atoms with Gasteiger partial charge in [0, 0.05) is 22.3 Å². The Bertz CT molecular complexity index is 541. The molecule has 1 N–H and O–H groups in total. The lowest BCUT2D eigenvalue weighted by atomic mass is 10.2. The van der Waals surface area contributed by atoms with E-state index in [9.17, 15) is 4.79 Å². The van der Waals surface area contributed by atoms with Crippen molar-refractivity contribution in [3.63, 3.8) is 0 Å². The molecule has 0 spiro atoms. The lowest BCUT2D eigenvalue weighted by Gasteiger charge is -2.36. The van der Waals surface area contributed by atoms with Gasteiger partial charge in [-0.05, 0) is 37.2 Å². The van der Waals surface area contributed by atoms with Gasteiger partial charge in [0.15, 0.2) is 8.32 Å². The maximum absolute atomic E-state index is 11.9. The molecule has 0 aliphatic carbocycles. The van der Waals surface area contributed by atoms with Gasteiger partial charge in [0.2, 0.25) is 5.91 Å². The number of ether oxygens (including phenoxy) is 1. The van der Waals surface area contributed by atoms with Crippen LogP contribution >= 0.6 is 15.9 Å². The molecular weight excluding hydrogens is 374 g/mol. The molecule has 0 bridgehead atoms. The third-order valence-corrected chi connectivity index (χ3v) is 9.15. The van der Waals surface area contributed by atoms with Crippen molar-refractivity contribution < 1.29 is 14.0 Å². The van der Waals surface area contributed by atoms with Crippen molar-refractivity contribution in [1.82, 2.24) is 0 Å². The summed E-state index contributed by atoms with van der Waals surface area (Å²) in [7, 11) is -1.83. The van der Waals surface area contributed by atoms with Crippen molar-refractivity contribution >= 4 is 35.8 Å². The Morgan fingerprint density at radius 1 is 1.30 bits per heavy atom. The fraction of sp³-hybridized carbons (Fsp3) is 0.588. The largest absolute Gasteiger partial charge is 0.412 e. The van der Waals surface area contributed by atoms with Crippen LogP contribution in [0.5, 0.6) is 0 Å². The molecule has 0 heterocycles. The Hall–Kier alpha value is -0.693. The second-order valence-corrected chi connectivity index (χ2v) is 12.8. The molecule has 23 heavy (non-hydrogen) atoms. The Labute approximate surface area is 149 Å². The fourth-order valence-electron chi connectivity index (χ4n) is 1.65. The van der Waals surface area contributed by atoms with Gasteiger partial charge in [-0.2, -0.15) is 0 Å². The average Bonchev–Trinajstić information content (AvgIpc) is 2.43. The van der Waals surface area contributed by atoms with Gasteiger partial charge < -0.3 is 14.5 Å². The van der Waals surface area contributed by atoms with Crippen LogP contribution in [0.3, 0.4) is 0 Å². The van der Waals surface area contributed by atoms with E-state index < -0.39 is 8.32 Å². The van der Waals surface area contributed by atoms with Gasteiger partial charge in [-0.3, -0.25) is 4.79 Å². The number of carbonyl (C=O) groups is 1. The highest BCUT2D eigenvalue weighted by Gasteiger charge is 2.37. The standard InChI is InChI=1S/C17H28BrNO3Si/c1-7-21-12-16(20)19-15-10-14(18)9-8-13(15)11-22-23(5,6)17(2,3)4/h8-10H,7,11-12H2,1-6H3,(H,19,20). The predicted molar refractivity (Wildman–Crippen MR) is 101 cm³/mol. The monoisotopic (exact) mass is 401 g/mol. The maximum atomic E-state index is 11.9. The van der Waals surface area contributed by atoms with Gasteiger partial charge in [-0.15, -0.1) is 0 Å². The number of anilines is 1. The molecule has 0 atom stereocenters. The topological polar surface area (TPSA) is 47.6 Å². The number of halogens is 1. The smallest absolute Gasteiger partial charge is 0.250 e. The Morgan fingerprint density at radius 3 is 2.52 bits per heavy atom. The predicted octanol–water partition coefficient (Wildman–Crippen LogP) is 4.95. The van der Waals surface area contributed by atoms with E-state index in [0.717, 1.165) is 15.7 Å². The quantitative estimate of drug-likeness (QED) is 0.657. The molecule has 1 aromatic carbocycles. The minimum Gasteiger partial charge on any atom is -0.412 e. The number of hydrogen-bond donors (Lipinski definition) is 1. The number of nitrogens with one attached hydrogen (secondary N) is 1. The van der Waals surface area contributed by atoms with Crippen molar-refractivity contribution in [2.24, 2.45) is 0 Å². The molecule has 0 aromatic heterocycles. The summed E-state index contributed by atoms with van der Waals surface area (Å²) in [5, 5.41) is 3.06. The molecule has 4 nitrogen and oxygen atoms in total. The van der Waals surface area contributed by atoms with Crippen LogP contribution < -0.4 is 5.32 Å². The number of amides is 1. The molecule has 0 unspecified atom stereocenters. The molecule has 0 aliphatic heterocycles. The van der Waals surface area contributed by atoms with Crippen molar-refractivity contribution in [3.8, 4) is 0 Å². The Morgan fingerprint density at radius 2 is 1.96 bits per heavy atom. The van der Waals surface area contributed by atoms with Crippen LogP contribution in [0.2, 0.25) is 18.1 Å². The van der Waals surface area contributed by atoms with E-state index in [4.69, 9.17) is 9.16 Å². The lowest BCUT2D eigenvalue weighted by Crippen LogP contribution is -2.40. The normalized spacial score (nSPS) is 12.3. The van der Waals surface area contributed by atoms with E-state index in [1.54, 1.807) is 0 Å². The Balaban J connectivity index is 2.85. The first-order valence-electron chi connectivity index (χ1n) is 7.87. The number of carbonyl (C=O) groups excluding carboxylic acids is 1. The zero-order valence-corrected chi connectivity index (χ0v) is 17.5. The van der Waals surface area contributed by atoms with Gasteiger partial charge in [0.05, 0.1) is 6.61 Å². The van der Waals surface area contributed by atoms with E-state index >= 15 is 0 Å². The van der Waals surface area contributed by atoms with Gasteiger partial charge in [0.25, 0.3) is 0 Å². The summed E-state index contributed by atoms with van der Waals surface area (Å²) in [6, 6.07) is 5.84. The third-order valence-electron chi connectivity index (χ3n) is 4.18. The SMILES string of the molecule is CCOCC(=O)Nc1cc(Br)ccc1CO[Si](C)(C)C(C)(C)C. The van der Waals surface area contributed by atoms with Crippen molar-refractivity contribution in [2.75, 3.05) is 18.5 Å². The molecule has 0 aliphatic rings. The van der Waals surface area contributed by atoms with E-state index in [2.05, 4.69) is 55.1 Å². The summed E-state index contributed by atoms with van der Waals surface area (Å²) in [5.74, 6) is -0.154. The molecule has 0 saturated heterocycles. The first-order chi connectivity index (χ1) is 10.6. The highest BCUT2D eigenvalue weighted by Crippen LogP contribution is 2.37. The summed E-state index contributed by atoms with van der Waals surface area (Å²) in [5.41, 5.74) is 1.74. The van der Waals surface area contributed by atoms with Gasteiger partial charge >= 0.3 is 0 Å². The molecular formula is C17H28BrNO3Si. The second kappa shape index (κ2) is 8.42. The lowest BCUT2D eigenvalue weighted by molar-refractivity contribution is -0.120. The number of hydrogen-bond acceptors (Lipinski definition) is 3. The van der Waals surface area contributed by atoms with Gasteiger partial charge in [0.1, 0.15) is 6.61 Å². The second-order valence-electron chi connectivity index (χ2n) is 7.04. The fourth-order valence-corrected chi connectivity index (χ4v) is 2.96. The van der Waals surface area contributed by atoms with Crippen LogP contribution in [0.1, 0.15) is 33.3 Å². The highest BCUT2D eigenvalue weighted by molar-refractivity contribution is 9.10. The van der Waals surface area contributed by atoms with Crippen LogP contribution in [-0.2, 0) is 20.6 Å². The summed E-state index contributed by atoms with van der Waals surface area (Å²) in [4.78, 5) is 11.9. The molecule has 130 valence electrons. The van der Waals surface area contributed by atoms with Crippen LogP contribution in [0, 0.1) is 0 Å². The number of benzene rings is 1. The molecule has 6 heteroatoms. The molecule has 0 fully saturated rings.